The van der Waals surface area contributed by atoms with E-state index < -0.39 is 155 Å². The number of nitrogens with zero attached hydrogens (tertiary/aromatic N) is 10. The quantitative estimate of drug-likeness (QED) is 0.0119. The van der Waals surface area contributed by atoms with Crippen molar-refractivity contribution >= 4 is 47.3 Å². The molecule has 0 atom stereocenters. The molecule has 11 aromatic rings. The molecular weight excluding hydrogens is 1900 g/mol. The van der Waals surface area contributed by atoms with Crippen molar-refractivity contribution in [3.8, 4) is 28.8 Å². The third-order valence-corrected chi connectivity index (χ3v) is 16.0. The lowest BCUT2D eigenvalue weighted by atomic mass is 10.1. The molecule has 0 aliphatic heterocycles. The molecule has 0 unspecified atom stereocenters. The van der Waals surface area contributed by atoms with E-state index in [1.165, 1.54) is 60.7 Å². The summed E-state index contributed by atoms with van der Waals surface area (Å²) in [5, 5.41) is 29.0. The van der Waals surface area contributed by atoms with Gasteiger partial charge in [-0.3, -0.25) is 20.2 Å². The van der Waals surface area contributed by atoms with Crippen LogP contribution in [0.1, 0.15) is 119 Å². The maximum atomic E-state index is 13.9. The van der Waals surface area contributed by atoms with Crippen LogP contribution in [0.4, 0.5) is 155 Å². The molecule has 718 valence electrons. The van der Waals surface area contributed by atoms with Gasteiger partial charge in [0.1, 0.15) is 29.1 Å². The first-order valence-electron chi connectivity index (χ1n) is 35.7. The van der Waals surface area contributed by atoms with Crippen LogP contribution in [0.3, 0.4) is 0 Å². The average Bonchev–Trinajstić information content (AvgIpc) is 1.64. The van der Waals surface area contributed by atoms with Crippen LogP contribution >= 0.6 is 0 Å². The van der Waals surface area contributed by atoms with Crippen molar-refractivity contribution < 1.29 is 188 Å². The highest BCUT2D eigenvalue weighted by atomic mass is 19.4. The van der Waals surface area contributed by atoms with Gasteiger partial charge in [0.25, 0.3) is 0 Å². The zero-order chi connectivity index (χ0) is 102. The number of nitrogen functional groups attached to an aromatic ring is 1. The fourth-order valence-corrected chi connectivity index (χ4v) is 9.84. The zero-order valence-electron chi connectivity index (χ0n) is 66.2. The molecule has 54 heteroatoms. The van der Waals surface area contributed by atoms with Crippen molar-refractivity contribution in [2.45, 2.75) is 95.1 Å². The lowest BCUT2D eigenvalue weighted by Crippen LogP contribution is -2.31. The van der Waals surface area contributed by atoms with E-state index in [0.29, 0.717) is 24.0 Å². The van der Waals surface area contributed by atoms with Crippen LogP contribution in [0.25, 0.3) is 39.4 Å². The van der Waals surface area contributed by atoms with Crippen LogP contribution < -0.4 is 11.3 Å². The summed E-state index contributed by atoms with van der Waals surface area (Å²) in [6.07, 6.45) is -51.6. The van der Waals surface area contributed by atoms with Gasteiger partial charge in [-0.15, -0.1) is 0 Å². The maximum Gasteiger partial charge on any atom is 0.450 e. The van der Waals surface area contributed by atoms with Crippen molar-refractivity contribution in [1.29, 1.82) is 5.26 Å². The Morgan fingerprint density at radius 2 is 0.746 bits per heavy atom. The number of ketones is 2. The number of ether oxygens (including phenoxy) is 2. The second-order valence-electron chi connectivity index (χ2n) is 25.4. The number of nitrogens with one attached hydrogen (secondary N) is 1. The van der Waals surface area contributed by atoms with Crippen LogP contribution in [0, 0.1) is 41.2 Å². The smallest absolute Gasteiger partial charge is 0.450 e. The minimum absolute atomic E-state index is 0.0417. The number of carbonyl (C=O) groups is 5. The number of nitriles is 1. The molecule has 4 heterocycles. The van der Waals surface area contributed by atoms with Gasteiger partial charge in [-0.2, -0.15) is 157 Å². The molecule has 0 fully saturated rings. The van der Waals surface area contributed by atoms with Gasteiger partial charge in [0.2, 0.25) is 11.6 Å². The number of halogens is 34. The molecule has 0 aliphatic carbocycles. The Morgan fingerprint density at radius 1 is 0.440 bits per heavy atom. The Kier molecular flexibility index (Phi) is 36.9. The molecule has 11 rings (SSSR count). The summed E-state index contributed by atoms with van der Waals surface area (Å²) in [6.45, 7) is 10.7. The van der Waals surface area contributed by atoms with Gasteiger partial charge in [-0.25, -0.2) is 50.7 Å². The van der Waals surface area contributed by atoms with E-state index in [1.807, 2.05) is 0 Å². The van der Waals surface area contributed by atoms with Gasteiger partial charge in [0, 0.05) is 46.6 Å². The number of esters is 2. The molecule has 4 aromatic heterocycles. The summed E-state index contributed by atoms with van der Waals surface area (Å²) in [5.41, 5.74) is -9.78. The number of aromatic nitrogens is 8. The SMILES string of the molecule is CCOC(=O)c1ccc(-n2nc(C(F)(F)F)cc2C(F)(F)F)cc1.CCOC(=O)c1ccc(NN)cc1.N#CCc1cccc(F)c1F.O=C(CC(=O)C(F)(F)F)C(F)(F)F.O=Cc1ccc(-n2nc(C(F)(F)F)cc2C(F)(F)F)cc1.OCc1ccc(-n2nc(C(F)(F)F)cc2C(F)(F)F)cc1.[C-]#[N+]/C(=C\c1ccc(-n2nc(C(F)(F)F)cc2C(F)(F)F)cc1)c1cccc(F)c1F. The summed E-state index contributed by atoms with van der Waals surface area (Å²) < 4.78 is 437. The predicted octanol–water partition coefficient (Wildman–Crippen LogP) is 22.6. The molecule has 0 saturated heterocycles. The number of hydrogen-bond donors (Lipinski definition) is 3. The second-order valence-corrected chi connectivity index (χ2v) is 25.4. The first kappa shape index (κ1) is 110. The summed E-state index contributed by atoms with van der Waals surface area (Å²) >= 11 is 0. The molecule has 0 radical (unpaired) electrons. The van der Waals surface area contributed by atoms with Gasteiger partial charge >= 0.3 is 73.7 Å². The highest BCUT2D eigenvalue weighted by molar-refractivity contribution is 6.03. The lowest BCUT2D eigenvalue weighted by Gasteiger charge is -2.10. The van der Waals surface area contributed by atoms with E-state index in [4.69, 9.17) is 32.3 Å². The number of Topliss-reactive ketones (excluding diaryl/α,β-unsaturated/α-hetero) is 2. The molecule has 20 nitrogen and oxygen atoms in total. The molecule has 0 amide bonds. The summed E-state index contributed by atoms with van der Waals surface area (Å²) in [7, 11) is 0. The van der Waals surface area contributed by atoms with Crippen molar-refractivity contribution in [3.05, 3.63) is 301 Å². The Bertz CT molecular complexity index is 5920. The van der Waals surface area contributed by atoms with Crippen LogP contribution in [0.5, 0.6) is 0 Å². The average molecular weight is 1960 g/mol. The Morgan fingerprint density at radius 3 is 1.03 bits per heavy atom. The fourth-order valence-electron chi connectivity index (χ4n) is 9.84. The number of nitrogens with two attached hydrogens (primary N) is 1. The van der Waals surface area contributed by atoms with E-state index in [9.17, 15) is 173 Å². The minimum Gasteiger partial charge on any atom is -0.462 e. The van der Waals surface area contributed by atoms with Crippen LogP contribution in [-0.4, -0.2) is 99.6 Å². The van der Waals surface area contributed by atoms with Crippen LogP contribution in [0.15, 0.2) is 182 Å². The first-order chi connectivity index (χ1) is 61.8. The molecule has 4 N–H and O–H groups in total. The van der Waals surface area contributed by atoms with E-state index in [1.54, 1.807) is 44.2 Å². The van der Waals surface area contributed by atoms with Crippen LogP contribution in [-0.2, 0) is 81.5 Å². The van der Waals surface area contributed by atoms with Crippen molar-refractivity contribution in [1.82, 2.24) is 39.1 Å². The van der Waals surface area contributed by atoms with Gasteiger partial charge in [-0.05, 0) is 140 Å². The zero-order valence-corrected chi connectivity index (χ0v) is 66.2. The Balaban J connectivity index is 0.000000284. The number of hydrazine groups is 1. The number of benzene rings is 7. The van der Waals surface area contributed by atoms with Crippen LogP contribution in [0.2, 0.25) is 0 Å². The van der Waals surface area contributed by atoms with E-state index in [-0.39, 0.29) is 125 Å². The Labute approximate surface area is 727 Å². The largest absolute Gasteiger partial charge is 0.462 e. The van der Waals surface area contributed by atoms with E-state index in [2.05, 4.69) is 30.7 Å². The second kappa shape index (κ2) is 45.0. The molecular formula is C80H52F34N12O8. The van der Waals surface area contributed by atoms with Crippen molar-refractivity contribution in [2.24, 2.45) is 5.84 Å². The molecule has 7 aromatic carbocycles. The number of hydrogen-bond acceptors (Lipinski definition) is 15. The topological polar surface area (TPSA) is 262 Å². The summed E-state index contributed by atoms with van der Waals surface area (Å²) in [4.78, 5) is 56.0. The standard InChI is InChI=1S/C20H9F8N3.C14H10F6N2O2.C12H8F6N2O.C12H6F6N2O.C9H12N2O2.C8H5F2N.C5H2F6O2/c1-29-15(13-3-2-4-14(21)18(13)22)9-11-5-7-12(8-6-11)31-17(20(26,27)28)10-16(30-31)19(23,24)25;1-2-24-12(23)8-3-5-9(6-4-8)22-11(14(18,19)20)7-10(21-22)13(15,16)17;2*13-11(14,15)9-5-10(12(16,17)18)20(19-9)8-3-1-7(6-21)2-4-8;1-2-13-9(12)7-3-5-8(11-10)6-4-7;9-7-3-1-2-6(4-5-11)8(7)10;6-4(7,8)2(12)1-3(13)5(9,10)11/h2-10H;3-7H,2H2,1H3;1-5,21H,6H2;1-6H;3-6,11H,2,10H2,1H3;1-3H,4H2;1H2/b15-9-;;;;;;. The molecule has 0 saturated carbocycles. The highest BCUT2D eigenvalue weighted by Gasteiger charge is 2.49. The van der Waals surface area contributed by atoms with Crippen molar-refractivity contribution in [2.75, 3.05) is 18.6 Å². The number of aliphatic hydroxyl groups excluding tert-OH is 1. The number of carbonyl (C=O) groups excluding carboxylic acids is 5. The number of anilines is 1. The summed E-state index contributed by atoms with van der Waals surface area (Å²) in [6, 6.07) is 33.5. The third-order valence-electron chi connectivity index (χ3n) is 16.0. The lowest BCUT2D eigenvalue weighted by molar-refractivity contribution is -0.182. The number of aliphatic hydroxyl groups is 1. The number of alkyl halides is 30. The minimum atomic E-state index is -5.40. The van der Waals surface area contributed by atoms with Crippen molar-refractivity contribution in [3.63, 3.8) is 0 Å². The van der Waals surface area contributed by atoms with Gasteiger partial charge in [-0.1, -0.05) is 48.5 Å². The molecule has 0 spiro atoms. The van der Waals surface area contributed by atoms with Gasteiger partial charge in [0.15, 0.2) is 51.7 Å². The molecule has 0 aliphatic rings. The van der Waals surface area contributed by atoms with Gasteiger partial charge < -0.3 is 20.0 Å². The number of aldehydes is 1. The molecule has 134 heavy (non-hydrogen) atoms. The Hall–Kier alpha value is -14.6. The summed E-state index contributed by atoms with van der Waals surface area (Å²) in [5.74, 6) is -5.48. The maximum absolute atomic E-state index is 13.9. The van der Waals surface area contributed by atoms with E-state index >= 15 is 0 Å². The normalized spacial score (nSPS) is 12.0. The third kappa shape index (κ3) is 31.6. The van der Waals surface area contributed by atoms with Gasteiger partial charge in [0.05, 0.1) is 79.2 Å². The fraction of sp³-hybridized carbons (Fsp3) is 0.212. The first-order valence-corrected chi connectivity index (χ1v) is 35.7. The molecule has 0 bridgehead atoms. The monoisotopic (exact) mass is 1950 g/mol. The predicted molar refractivity (Wildman–Crippen MR) is 395 cm³/mol. The number of rotatable bonds is 16. The highest BCUT2D eigenvalue weighted by Crippen LogP contribution is 2.42. The van der Waals surface area contributed by atoms with E-state index in [0.717, 1.165) is 84.6 Å².